The molecule has 0 unspecified atom stereocenters. The Morgan fingerprint density at radius 1 is 0.474 bits per heavy atom. The van der Waals surface area contributed by atoms with E-state index in [0.29, 0.717) is 0 Å². The first-order chi connectivity index (χ1) is 18.2. The molecule has 4 aromatic rings. The topological polar surface area (TPSA) is 126 Å². The van der Waals surface area contributed by atoms with Gasteiger partial charge >= 0.3 is 0 Å². The molecule has 2 N–H and O–H groups in total. The number of hydrogen-bond donors (Lipinski definition) is 2. The highest BCUT2D eigenvalue weighted by Gasteiger charge is 2.32. The summed E-state index contributed by atoms with van der Waals surface area (Å²) in [5.41, 5.74) is 1.42. The van der Waals surface area contributed by atoms with Crippen molar-refractivity contribution in [2.24, 2.45) is 0 Å². The minimum Gasteiger partial charge on any atom is -0.289 e. The quantitative estimate of drug-likeness (QED) is 0.307. The first kappa shape index (κ1) is 25.7. The molecule has 0 aromatic heterocycles. The molecule has 192 valence electrons. The van der Waals surface area contributed by atoms with E-state index in [9.17, 15) is 26.4 Å². The summed E-state index contributed by atoms with van der Waals surface area (Å²) in [4.78, 5) is 26.2. The first-order valence-electron chi connectivity index (χ1n) is 11.6. The van der Waals surface area contributed by atoms with Gasteiger partial charge in [-0.25, -0.2) is 26.3 Å². The largest absolute Gasteiger partial charge is 0.289 e. The van der Waals surface area contributed by atoms with Gasteiger partial charge in [-0.15, -0.1) is 0 Å². The maximum Gasteiger partial charge on any atom is 0.240 e. The molecule has 1 aliphatic rings. The molecule has 0 saturated carbocycles. The third-order valence-electron chi connectivity index (χ3n) is 6.20. The summed E-state index contributed by atoms with van der Waals surface area (Å²) >= 11 is 0. The highest BCUT2D eigenvalue weighted by Crippen LogP contribution is 2.30. The van der Waals surface area contributed by atoms with E-state index in [4.69, 9.17) is 0 Å². The van der Waals surface area contributed by atoms with Crippen molar-refractivity contribution in [2.45, 2.75) is 22.9 Å². The molecule has 0 bridgehead atoms. The molecule has 0 atom stereocenters. The lowest BCUT2D eigenvalue weighted by atomic mass is 9.84. The fourth-order valence-corrected chi connectivity index (χ4v) is 6.25. The van der Waals surface area contributed by atoms with Gasteiger partial charge in [0.25, 0.3) is 0 Å². The number of benzene rings is 4. The van der Waals surface area contributed by atoms with Gasteiger partial charge in [0.05, 0.1) is 9.79 Å². The van der Waals surface area contributed by atoms with E-state index >= 15 is 0 Å². The van der Waals surface area contributed by atoms with Crippen molar-refractivity contribution in [2.75, 3.05) is 0 Å². The van der Waals surface area contributed by atoms with Crippen molar-refractivity contribution in [3.8, 4) is 0 Å². The summed E-state index contributed by atoms with van der Waals surface area (Å²) in [6.07, 6.45) is 0. The zero-order valence-electron chi connectivity index (χ0n) is 19.9. The molecular weight excluding hydrogens is 524 g/mol. The van der Waals surface area contributed by atoms with Gasteiger partial charge < -0.3 is 0 Å². The van der Waals surface area contributed by atoms with Crippen LogP contribution in [-0.4, -0.2) is 28.4 Å². The highest BCUT2D eigenvalue weighted by molar-refractivity contribution is 7.89. The number of carbonyl (C=O) groups excluding carboxylic acids is 2. The Morgan fingerprint density at radius 2 is 0.842 bits per heavy atom. The van der Waals surface area contributed by atoms with Gasteiger partial charge in [0, 0.05) is 35.3 Å². The predicted molar refractivity (Wildman–Crippen MR) is 141 cm³/mol. The first-order valence-corrected chi connectivity index (χ1v) is 14.6. The minimum absolute atomic E-state index is 0.0488. The van der Waals surface area contributed by atoms with E-state index in [2.05, 4.69) is 9.44 Å². The van der Waals surface area contributed by atoms with Crippen LogP contribution in [0.4, 0.5) is 0 Å². The average molecular weight is 547 g/mol. The van der Waals surface area contributed by atoms with E-state index in [1.54, 1.807) is 48.5 Å². The summed E-state index contributed by atoms with van der Waals surface area (Å²) in [7, 11) is -7.99. The molecule has 0 radical (unpaired) electrons. The molecule has 1 aliphatic carbocycles. The van der Waals surface area contributed by atoms with Crippen LogP contribution in [0.1, 0.15) is 43.0 Å². The van der Waals surface area contributed by atoms with Crippen LogP contribution in [0.3, 0.4) is 0 Å². The van der Waals surface area contributed by atoms with Crippen LogP contribution < -0.4 is 9.44 Å². The Balaban J connectivity index is 1.43. The lowest BCUT2D eigenvalue weighted by Gasteiger charge is -2.19. The average Bonchev–Trinajstić information content (AvgIpc) is 2.94. The standard InChI is InChI=1S/C28H22N2O6S2/c31-27-23-13-11-21(37(33,34)29-17-19-7-3-1-4-8-19)15-25(23)28(32)26-16-22(12-14-24(26)27)38(35,36)30-18-20-9-5-2-6-10-20/h1-16,29-30H,17-18H2. The van der Waals surface area contributed by atoms with Crippen molar-refractivity contribution in [3.05, 3.63) is 130 Å². The molecular formula is C28H22N2O6S2. The fraction of sp³-hybridized carbons (Fsp3) is 0.0714. The summed E-state index contributed by atoms with van der Waals surface area (Å²) in [6.45, 7) is 0.0976. The maximum atomic E-state index is 13.4. The number of hydrogen-bond acceptors (Lipinski definition) is 6. The summed E-state index contributed by atoms with van der Waals surface area (Å²) < 4.78 is 56.6. The van der Waals surface area contributed by atoms with Crippen LogP contribution in [0.25, 0.3) is 0 Å². The summed E-state index contributed by atoms with van der Waals surface area (Å²) in [5.74, 6) is -1.12. The SMILES string of the molecule is O=C1c2ccc(S(=O)(=O)NCc3ccccc3)cc2C(=O)c2cc(S(=O)(=O)NCc3ccccc3)ccc21. The Kier molecular flexibility index (Phi) is 6.80. The molecule has 0 fully saturated rings. The molecule has 0 saturated heterocycles. The summed E-state index contributed by atoms with van der Waals surface area (Å²) in [6, 6.07) is 25.3. The van der Waals surface area contributed by atoms with Gasteiger partial charge in [-0.2, -0.15) is 0 Å². The molecule has 5 rings (SSSR count). The van der Waals surface area contributed by atoms with Crippen LogP contribution in [-0.2, 0) is 33.1 Å². The number of nitrogens with one attached hydrogen (secondary N) is 2. The van der Waals surface area contributed by atoms with Gasteiger partial charge in [-0.1, -0.05) is 60.7 Å². The van der Waals surface area contributed by atoms with Crippen molar-refractivity contribution < 1.29 is 26.4 Å². The minimum atomic E-state index is -3.99. The molecule has 38 heavy (non-hydrogen) atoms. The van der Waals surface area contributed by atoms with E-state index in [1.165, 1.54) is 24.3 Å². The number of carbonyl (C=O) groups is 2. The summed E-state index contributed by atoms with van der Waals surface area (Å²) in [5, 5.41) is 0. The van der Waals surface area contributed by atoms with Crippen molar-refractivity contribution in [3.63, 3.8) is 0 Å². The maximum absolute atomic E-state index is 13.4. The number of fused-ring (bicyclic) bond motifs is 2. The van der Waals surface area contributed by atoms with Crippen LogP contribution >= 0.6 is 0 Å². The van der Waals surface area contributed by atoms with E-state index in [-0.39, 0.29) is 45.1 Å². The smallest absolute Gasteiger partial charge is 0.240 e. The Morgan fingerprint density at radius 3 is 1.24 bits per heavy atom. The second-order valence-electron chi connectivity index (χ2n) is 8.69. The van der Waals surface area contributed by atoms with Gasteiger partial charge in [-0.05, 0) is 47.5 Å². The Labute approximate surface area is 220 Å². The van der Waals surface area contributed by atoms with Crippen LogP contribution in [0.15, 0.2) is 107 Å². The third kappa shape index (κ3) is 5.07. The zero-order valence-corrected chi connectivity index (χ0v) is 21.6. The normalized spacial score (nSPS) is 13.2. The molecule has 4 aromatic carbocycles. The van der Waals surface area contributed by atoms with Gasteiger partial charge in [-0.3, -0.25) is 9.59 Å². The van der Waals surface area contributed by atoms with Gasteiger partial charge in [0.15, 0.2) is 11.6 Å². The molecule has 0 aliphatic heterocycles. The Bertz CT molecular complexity index is 1640. The molecule has 0 heterocycles. The molecule has 10 heteroatoms. The van der Waals surface area contributed by atoms with Crippen LogP contribution in [0.5, 0.6) is 0 Å². The second kappa shape index (κ2) is 10.1. The highest BCUT2D eigenvalue weighted by atomic mass is 32.2. The monoisotopic (exact) mass is 546 g/mol. The van der Waals surface area contributed by atoms with Crippen molar-refractivity contribution in [1.82, 2.24) is 9.44 Å². The number of sulfonamides is 2. The van der Waals surface area contributed by atoms with Crippen molar-refractivity contribution in [1.29, 1.82) is 0 Å². The fourth-order valence-electron chi connectivity index (χ4n) is 4.16. The molecule has 0 amide bonds. The zero-order chi connectivity index (χ0) is 26.9. The van der Waals surface area contributed by atoms with Gasteiger partial charge in [0.1, 0.15) is 0 Å². The number of rotatable bonds is 8. The van der Waals surface area contributed by atoms with Crippen LogP contribution in [0.2, 0.25) is 0 Å². The molecule has 8 nitrogen and oxygen atoms in total. The third-order valence-corrected chi connectivity index (χ3v) is 9.00. The Hall–Kier alpha value is -3.96. The van der Waals surface area contributed by atoms with E-state index in [0.717, 1.165) is 23.3 Å². The number of ketones is 2. The second-order valence-corrected chi connectivity index (χ2v) is 12.2. The lowest BCUT2D eigenvalue weighted by Crippen LogP contribution is -2.27. The molecule has 0 spiro atoms. The van der Waals surface area contributed by atoms with Crippen LogP contribution in [0, 0.1) is 0 Å². The van der Waals surface area contributed by atoms with Crippen molar-refractivity contribution >= 4 is 31.6 Å². The van der Waals surface area contributed by atoms with Gasteiger partial charge in [0.2, 0.25) is 20.0 Å². The lowest BCUT2D eigenvalue weighted by molar-refractivity contribution is 0.0978. The predicted octanol–water partition coefficient (Wildman–Crippen LogP) is 3.42. The van der Waals surface area contributed by atoms with E-state index in [1.807, 2.05) is 12.1 Å². The van der Waals surface area contributed by atoms with E-state index < -0.39 is 31.6 Å².